The van der Waals surface area contributed by atoms with Gasteiger partial charge in [0.1, 0.15) is 4.88 Å². The third-order valence-corrected chi connectivity index (χ3v) is 4.53. The Morgan fingerprint density at radius 2 is 1.96 bits per heavy atom. The molecule has 0 radical (unpaired) electrons. The zero-order valence-electron chi connectivity index (χ0n) is 12.0. The van der Waals surface area contributed by atoms with Gasteiger partial charge in [0.15, 0.2) is 6.61 Å². The normalized spacial score (nSPS) is 10.1. The first-order chi connectivity index (χ1) is 11.1. The van der Waals surface area contributed by atoms with E-state index in [0.29, 0.717) is 15.5 Å². The molecule has 0 aliphatic heterocycles. The number of carbonyl (C=O) groups is 3. The Balaban J connectivity index is 1.90. The van der Waals surface area contributed by atoms with Crippen LogP contribution in [0.5, 0.6) is 0 Å². The van der Waals surface area contributed by atoms with E-state index in [1.807, 2.05) is 0 Å². The maximum atomic E-state index is 11.9. The van der Waals surface area contributed by atoms with Crippen molar-refractivity contribution in [2.45, 2.75) is 4.90 Å². The smallest absolute Gasteiger partial charge is 0.348 e. The van der Waals surface area contributed by atoms with Crippen molar-refractivity contribution in [1.82, 2.24) is 0 Å². The molecule has 0 fully saturated rings. The summed E-state index contributed by atoms with van der Waals surface area (Å²) in [6, 6.07) is 10.4. The van der Waals surface area contributed by atoms with Gasteiger partial charge in [0.25, 0.3) is 5.91 Å². The Hall–Kier alpha value is -2.32. The second kappa shape index (κ2) is 8.35. The Morgan fingerprint density at radius 3 is 2.65 bits per heavy atom. The van der Waals surface area contributed by atoms with Crippen LogP contribution in [0.2, 0.25) is 0 Å². The average Bonchev–Trinajstić information content (AvgIpc) is 3.06. The molecule has 1 aromatic carbocycles. The number of ether oxygens (including phenoxy) is 1. The molecular weight excluding hydrogens is 336 g/mol. The number of thioether (sulfide) groups is 1. The monoisotopic (exact) mass is 350 g/mol. The van der Waals surface area contributed by atoms with Crippen molar-refractivity contribution in [3.05, 3.63) is 46.7 Å². The molecule has 2 amide bonds. The Kier molecular flexibility index (Phi) is 6.19. The van der Waals surface area contributed by atoms with Crippen LogP contribution >= 0.6 is 23.1 Å². The van der Waals surface area contributed by atoms with Crippen LogP contribution in [0.1, 0.15) is 9.67 Å². The minimum Gasteiger partial charge on any atom is -0.451 e. The molecule has 0 aliphatic carbocycles. The summed E-state index contributed by atoms with van der Waals surface area (Å²) in [6.45, 7) is -0.383. The summed E-state index contributed by atoms with van der Waals surface area (Å²) in [7, 11) is 0. The molecule has 2 aromatic rings. The second-order valence-corrected chi connectivity index (χ2v) is 6.32. The Bertz CT molecular complexity index is 701. The number of rotatable bonds is 7. The van der Waals surface area contributed by atoms with Crippen molar-refractivity contribution in [3.63, 3.8) is 0 Å². The van der Waals surface area contributed by atoms with E-state index in [2.05, 4.69) is 5.32 Å². The van der Waals surface area contributed by atoms with Gasteiger partial charge in [0.05, 0.1) is 11.4 Å². The standard InChI is InChI=1S/C15H14N2O4S2/c16-13(18)9-23-11-5-2-1-4-10(11)17-14(19)8-21-15(20)12-6-3-7-22-12/h1-7H,8-9H2,(H2,16,18)(H,17,19). The number of anilines is 1. The molecule has 0 bridgehead atoms. The summed E-state index contributed by atoms with van der Waals surface area (Å²) < 4.78 is 4.94. The van der Waals surface area contributed by atoms with Crippen molar-refractivity contribution in [2.75, 3.05) is 17.7 Å². The number of thiophene rings is 1. The summed E-state index contributed by atoms with van der Waals surface area (Å²) in [4.78, 5) is 35.6. The molecule has 8 heteroatoms. The lowest BCUT2D eigenvalue weighted by atomic mass is 10.3. The fraction of sp³-hybridized carbons (Fsp3) is 0.133. The summed E-state index contributed by atoms with van der Waals surface area (Å²) in [5.41, 5.74) is 5.65. The van der Waals surface area contributed by atoms with E-state index < -0.39 is 17.8 Å². The first-order valence-corrected chi connectivity index (χ1v) is 8.43. The molecular formula is C15H14N2O4S2. The fourth-order valence-electron chi connectivity index (χ4n) is 1.63. The predicted octanol–water partition coefficient (Wildman–Crippen LogP) is 2.12. The van der Waals surface area contributed by atoms with Crippen LogP contribution in [-0.4, -0.2) is 30.1 Å². The lowest BCUT2D eigenvalue weighted by Gasteiger charge is -2.10. The van der Waals surface area contributed by atoms with Crippen LogP contribution in [0.15, 0.2) is 46.7 Å². The van der Waals surface area contributed by atoms with Gasteiger partial charge >= 0.3 is 5.97 Å². The topological polar surface area (TPSA) is 98.5 Å². The molecule has 0 unspecified atom stereocenters. The highest BCUT2D eigenvalue weighted by molar-refractivity contribution is 8.00. The first kappa shape index (κ1) is 17.0. The predicted molar refractivity (Wildman–Crippen MR) is 89.6 cm³/mol. The minimum absolute atomic E-state index is 0.111. The zero-order chi connectivity index (χ0) is 16.7. The maximum Gasteiger partial charge on any atom is 0.348 e. The maximum absolute atomic E-state index is 11.9. The summed E-state index contributed by atoms with van der Waals surface area (Å²) in [5, 5.41) is 4.40. The highest BCUT2D eigenvalue weighted by Gasteiger charge is 2.12. The van der Waals surface area contributed by atoms with Gasteiger partial charge in [0.2, 0.25) is 5.91 Å². The number of para-hydroxylation sites is 1. The van der Waals surface area contributed by atoms with Crippen LogP contribution in [0.3, 0.4) is 0 Å². The molecule has 0 saturated heterocycles. The van der Waals surface area contributed by atoms with Gasteiger partial charge in [-0.1, -0.05) is 18.2 Å². The second-order valence-electron chi connectivity index (χ2n) is 4.35. The number of hydrogen-bond acceptors (Lipinski definition) is 6. The number of amides is 2. The lowest BCUT2D eigenvalue weighted by Crippen LogP contribution is -2.21. The molecule has 6 nitrogen and oxygen atoms in total. The van der Waals surface area contributed by atoms with Gasteiger partial charge < -0.3 is 15.8 Å². The van der Waals surface area contributed by atoms with Crippen LogP contribution < -0.4 is 11.1 Å². The van der Waals surface area contributed by atoms with E-state index in [9.17, 15) is 14.4 Å². The number of esters is 1. The van der Waals surface area contributed by atoms with E-state index in [-0.39, 0.29) is 12.4 Å². The number of carbonyl (C=O) groups excluding carboxylic acids is 3. The van der Waals surface area contributed by atoms with Crippen LogP contribution in [0, 0.1) is 0 Å². The number of hydrogen-bond donors (Lipinski definition) is 2. The molecule has 23 heavy (non-hydrogen) atoms. The van der Waals surface area contributed by atoms with Crippen molar-refractivity contribution >= 4 is 46.6 Å². The first-order valence-electron chi connectivity index (χ1n) is 6.57. The molecule has 0 saturated carbocycles. The summed E-state index contributed by atoms with van der Waals surface area (Å²) in [5.74, 6) is -1.32. The highest BCUT2D eigenvalue weighted by atomic mass is 32.2. The minimum atomic E-state index is -0.536. The van der Waals surface area contributed by atoms with Crippen molar-refractivity contribution < 1.29 is 19.1 Å². The number of primary amides is 1. The fourth-order valence-corrected chi connectivity index (χ4v) is 2.99. The molecule has 0 spiro atoms. The van der Waals surface area contributed by atoms with Crippen molar-refractivity contribution in [2.24, 2.45) is 5.73 Å². The van der Waals surface area contributed by atoms with Crippen molar-refractivity contribution in [1.29, 1.82) is 0 Å². The zero-order valence-corrected chi connectivity index (χ0v) is 13.6. The lowest BCUT2D eigenvalue weighted by molar-refractivity contribution is -0.119. The third kappa shape index (κ3) is 5.42. The third-order valence-electron chi connectivity index (χ3n) is 2.59. The number of nitrogens with two attached hydrogens (primary N) is 1. The van der Waals surface area contributed by atoms with Crippen LogP contribution in [-0.2, 0) is 14.3 Å². The van der Waals surface area contributed by atoms with E-state index in [0.717, 1.165) is 0 Å². The summed E-state index contributed by atoms with van der Waals surface area (Å²) >= 11 is 2.47. The summed E-state index contributed by atoms with van der Waals surface area (Å²) in [6.07, 6.45) is 0. The van der Waals surface area contributed by atoms with Gasteiger partial charge in [-0.25, -0.2) is 4.79 Å². The largest absolute Gasteiger partial charge is 0.451 e. The molecule has 0 atom stereocenters. The van der Waals surface area contributed by atoms with E-state index in [1.165, 1.54) is 23.1 Å². The number of nitrogens with one attached hydrogen (secondary N) is 1. The molecule has 1 heterocycles. The number of benzene rings is 1. The van der Waals surface area contributed by atoms with Gasteiger partial charge in [0, 0.05) is 4.90 Å². The van der Waals surface area contributed by atoms with Gasteiger partial charge in [-0.2, -0.15) is 0 Å². The molecule has 2 rings (SSSR count). The Labute approximate surface area is 141 Å². The highest BCUT2D eigenvalue weighted by Crippen LogP contribution is 2.26. The molecule has 1 aromatic heterocycles. The van der Waals surface area contributed by atoms with E-state index in [4.69, 9.17) is 10.5 Å². The molecule has 120 valence electrons. The van der Waals surface area contributed by atoms with Crippen LogP contribution in [0.4, 0.5) is 5.69 Å². The van der Waals surface area contributed by atoms with Crippen molar-refractivity contribution in [3.8, 4) is 0 Å². The van der Waals surface area contributed by atoms with Gasteiger partial charge in [-0.3, -0.25) is 9.59 Å². The van der Waals surface area contributed by atoms with E-state index >= 15 is 0 Å². The average molecular weight is 350 g/mol. The van der Waals surface area contributed by atoms with E-state index in [1.54, 1.807) is 41.8 Å². The van der Waals surface area contributed by atoms with Gasteiger partial charge in [-0.05, 0) is 23.6 Å². The molecule has 3 N–H and O–H groups in total. The van der Waals surface area contributed by atoms with Crippen LogP contribution in [0.25, 0.3) is 0 Å². The SMILES string of the molecule is NC(=O)CSc1ccccc1NC(=O)COC(=O)c1cccs1. The molecule has 0 aliphatic rings. The van der Waals surface area contributed by atoms with Gasteiger partial charge in [-0.15, -0.1) is 23.1 Å². The quantitative estimate of drug-likeness (QED) is 0.589. The Morgan fingerprint density at radius 1 is 1.17 bits per heavy atom.